The summed E-state index contributed by atoms with van der Waals surface area (Å²) in [5, 5.41) is 25.6. The Morgan fingerprint density at radius 2 is 1.95 bits per heavy atom. The Bertz CT molecular complexity index is 1520. The van der Waals surface area contributed by atoms with Gasteiger partial charge in [0.25, 0.3) is 0 Å². The molecule has 228 valence electrons. The van der Waals surface area contributed by atoms with Crippen molar-refractivity contribution in [2.24, 2.45) is 28.6 Å². The van der Waals surface area contributed by atoms with Crippen LogP contribution in [0.1, 0.15) is 51.8 Å². The monoisotopic (exact) mass is 603 g/mol. The van der Waals surface area contributed by atoms with Crippen molar-refractivity contribution in [2.75, 3.05) is 32.1 Å². The predicted molar refractivity (Wildman–Crippen MR) is 164 cm³/mol. The normalized spacial score (nSPS) is 37.5. The Morgan fingerprint density at radius 1 is 1.16 bits per heavy atom. The third kappa shape index (κ3) is 4.74. The fourth-order valence-electron chi connectivity index (χ4n) is 9.28. The molecule has 2 N–H and O–H groups in total. The molecule has 2 aromatic rings. The average Bonchev–Trinajstić information content (AvgIpc) is 3.27. The van der Waals surface area contributed by atoms with Gasteiger partial charge in [-0.05, 0) is 62.2 Å². The highest BCUT2D eigenvalue weighted by molar-refractivity contribution is 8.00. The summed E-state index contributed by atoms with van der Waals surface area (Å²) in [6, 6.07) is 7.88. The molecule has 1 aliphatic heterocycles. The van der Waals surface area contributed by atoms with Crippen LogP contribution in [0.5, 0.6) is 0 Å². The molecule has 4 aliphatic carbocycles. The standard InChI is InChI=1S/C34H41N3O5S/c1-32-11-9-22(38)17-21(32)7-8-23-25-10-12-34(41,33(25,2)18-27(39)30(23)32)28(40)20-43-31-24-5-3-4-6-26(24)35-29(36-31)19-37-13-15-42-16-14-37/h3-6,9,11,17,23,25,27,30,39,41H,7-8,10,12-16,18-20H2,1-2H3/t23?,25?,27?,30?,32?,33?,34-/m0/s1. The number of aliphatic hydroxyl groups is 2. The second kappa shape index (κ2) is 10.9. The van der Waals surface area contributed by atoms with Crippen LogP contribution in [0.15, 0.2) is 53.1 Å². The fraction of sp³-hybridized carbons (Fsp3) is 0.588. The first-order valence-corrected chi connectivity index (χ1v) is 16.7. The number of aliphatic hydroxyl groups excluding tert-OH is 1. The van der Waals surface area contributed by atoms with E-state index >= 15 is 0 Å². The molecule has 7 atom stereocenters. The lowest BCUT2D eigenvalue weighted by molar-refractivity contribution is -0.174. The van der Waals surface area contributed by atoms with E-state index in [9.17, 15) is 19.8 Å². The summed E-state index contributed by atoms with van der Waals surface area (Å²) in [5.41, 5.74) is -0.640. The zero-order valence-electron chi connectivity index (χ0n) is 25.0. The first kappa shape index (κ1) is 29.3. The molecule has 6 unspecified atom stereocenters. The SMILES string of the molecule is CC12C=CC(=O)C=C1CCC1C2C(O)CC2(C)C1CC[C@]2(O)C(=O)CSc1nc(CN2CCOCC2)nc2ccccc12. The van der Waals surface area contributed by atoms with Gasteiger partial charge in [-0.1, -0.05) is 55.5 Å². The van der Waals surface area contributed by atoms with Crippen LogP contribution in [0.3, 0.4) is 0 Å². The van der Waals surface area contributed by atoms with Gasteiger partial charge in [-0.2, -0.15) is 0 Å². The maximum Gasteiger partial charge on any atom is 0.178 e. The molecule has 0 amide bonds. The van der Waals surface area contributed by atoms with Crippen LogP contribution in [0, 0.1) is 28.6 Å². The van der Waals surface area contributed by atoms with E-state index in [1.54, 1.807) is 12.2 Å². The molecular formula is C34H41N3O5S. The molecule has 43 heavy (non-hydrogen) atoms. The minimum atomic E-state index is -1.51. The number of Topliss-reactive ketones (excluding diaryl/α,β-unsaturated/α-hetero) is 1. The molecule has 1 aromatic heterocycles. The quantitative estimate of drug-likeness (QED) is 0.372. The number of aromatic nitrogens is 2. The van der Waals surface area contributed by atoms with Gasteiger partial charge in [0.1, 0.15) is 16.5 Å². The van der Waals surface area contributed by atoms with Gasteiger partial charge >= 0.3 is 0 Å². The molecule has 2 heterocycles. The number of fused-ring (bicyclic) bond motifs is 6. The van der Waals surface area contributed by atoms with Crippen molar-refractivity contribution in [3.05, 3.63) is 53.9 Å². The number of benzene rings is 1. The van der Waals surface area contributed by atoms with E-state index in [1.165, 1.54) is 11.8 Å². The minimum absolute atomic E-state index is 0.0177. The van der Waals surface area contributed by atoms with Crippen molar-refractivity contribution in [1.82, 2.24) is 14.9 Å². The number of thioether (sulfide) groups is 1. The highest BCUT2D eigenvalue weighted by Gasteiger charge is 2.68. The van der Waals surface area contributed by atoms with E-state index in [0.717, 1.165) is 59.7 Å². The molecular weight excluding hydrogens is 562 g/mol. The largest absolute Gasteiger partial charge is 0.393 e. The van der Waals surface area contributed by atoms with Gasteiger partial charge < -0.3 is 14.9 Å². The van der Waals surface area contributed by atoms with Crippen LogP contribution in [0.4, 0.5) is 0 Å². The van der Waals surface area contributed by atoms with E-state index in [0.29, 0.717) is 32.6 Å². The van der Waals surface area contributed by atoms with E-state index in [2.05, 4.69) is 11.8 Å². The van der Waals surface area contributed by atoms with E-state index in [1.807, 2.05) is 37.3 Å². The van der Waals surface area contributed by atoms with Crippen molar-refractivity contribution >= 4 is 34.2 Å². The van der Waals surface area contributed by atoms with Gasteiger partial charge in [-0.3, -0.25) is 14.5 Å². The fourth-order valence-corrected chi connectivity index (χ4v) is 10.3. The molecule has 7 rings (SSSR count). The Balaban J connectivity index is 1.12. The lowest BCUT2D eigenvalue weighted by atomic mass is 9.46. The Hall–Kier alpha value is -2.43. The second-order valence-corrected chi connectivity index (χ2v) is 14.6. The zero-order valence-corrected chi connectivity index (χ0v) is 25.8. The highest BCUT2D eigenvalue weighted by atomic mass is 32.2. The summed E-state index contributed by atoms with van der Waals surface area (Å²) in [6.07, 6.45) is 7.93. The molecule has 3 saturated carbocycles. The smallest absolute Gasteiger partial charge is 0.178 e. The number of allylic oxidation sites excluding steroid dienone is 4. The van der Waals surface area contributed by atoms with Gasteiger partial charge in [-0.25, -0.2) is 9.97 Å². The Kier molecular flexibility index (Phi) is 7.41. The molecule has 0 radical (unpaired) electrons. The second-order valence-electron chi connectivity index (χ2n) is 13.7. The lowest BCUT2D eigenvalue weighted by Crippen LogP contribution is -2.61. The molecule has 8 nitrogen and oxygen atoms in total. The number of carbonyl (C=O) groups excluding carboxylic acids is 2. The van der Waals surface area contributed by atoms with Gasteiger partial charge in [-0.15, -0.1) is 0 Å². The van der Waals surface area contributed by atoms with Crippen molar-refractivity contribution in [1.29, 1.82) is 0 Å². The molecule has 5 aliphatic rings. The third-order valence-electron chi connectivity index (χ3n) is 11.5. The summed E-state index contributed by atoms with van der Waals surface area (Å²) in [7, 11) is 0. The number of hydrogen-bond donors (Lipinski definition) is 2. The Morgan fingerprint density at radius 3 is 2.77 bits per heavy atom. The molecule has 1 aromatic carbocycles. The number of ketones is 2. The molecule has 0 spiro atoms. The van der Waals surface area contributed by atoms with Gasteiger partial charge in [0.15, 0.2) is 11.6 Å². The van der Waals surface area contributed by atoms with Crippen molar-refractivity contribution in [3.8, 4) is 0 Å². The van der Waals surface area contributed by atoms with Gasteiger partial charge in [0, 0.05) is 35.2 Å². The number of hydrogen-bond acceptors (Lipinski definition) is 9. The van der Waals surface area contributed by atoms with E-state index in [-0.39, 0.29) is 40.5 Å². The number of morpholine rings is 1. The minimum Gasteiger partial charge on any atom is -0.393 e. The molecule has 4 fully saturated rings. The summed E-state index contributed by atoms with van der Waals surface area (Å²) >= 11 is 1.38. The van der Waals surface area contributed by atoms with Gasteiger partial charge in [0.2, 0.25) is 0 Å². The van der Waals surface area contributed by atoms with Crippen LogP contribution in [-0.2, 0) is 20.9 Å². The summed E-state index contributed by atoms with van der Waals surface area (Å²) in [4.78, 5) is 38.2. The average molecular weight is 604 g/mol. The van der Waals surface area contributed by atoms with Crippen LogP contribution < -0.4 is 0 Å². The highest BCUT2D eigenvalue weighted by Crippen LogP contribution is 2.67. The van der Waals surface area contributed by atoms with Crippen LogP contribution in [0.25, 0.3) is 10.9 Å². The first-order valence-electron chi connectivity index (χ1n) is 15.7. The number of ether oxygens (including phenoxy) is 1. The third-order valence-corrected chi connectivity index (χ3v) is 12.5. The topological polar surface area (TPSA) is 113 Å². The van der Waals surface area contributed by atoms with Crippen LogP contribution in [-0.4, -0.2) is 80.4 Å². The summed E-state index contributed by atoms with van der Waals surface area (Å²) in [5.74, 6) is 0.943. The van der Waals surface area contributed by atoms with E-state index in [4.69, 9.17) is 14.7 Å². The lowest BCUT2D eigenvalue weighted by Gasteiger charge is -2.59. The first-order chi connectivity index (χ1) is 20.6. The molecule has 0 bridgehead atoms. The van der Waals surface area contributed by atoms with Crippen LogP contribution in [0.2, 0.25) is 0 Å². The van der Waals surface area contributed by atoms with Crippen molar-refractivity contribution in [3.63, 3.8) is 0 Å². The molecule has 9 heteroatoms. The summed E-state index contributed by atoms with van der Waals surface area (Å²) < 4.78 is 5.49. The predicted octanol–water partition coefficient (Wildman–Crippen LogP) is 4.13. The maximum absolute atomic E-state index is 14.1. The zero-order chi connectivity index (χ0) is 30.0. The summed E-state index contributed by atoms with van der Waals surface area (Å²) in [6.45, 7) is 7.87. The number of nitrogens with zero attached hydrogens (tertiary/aromatic N) is 3. The van der Waals surface area contributed by atoms with Crippen molar-refractivity contribution in [2.45, 2.75) is 69.2 Å². The van der Waals surface area contributed by atoms with Crippen molar-refractivity contribution < 1.29 is 24.5 Å². The number of para-hydroxylation sites is 1. The number of rotatable bonds is 6. The van der Waals surface area contributed by atoms with Crippen LogP contribution >= 0.6 is 11.8 Å². The van der Waals surface area contributed by atoms with E-state index < -0.39 is 17.1 Å². The number of carbonyl (C=O) groups is 2. The maximum atomic E-state index is 14.1. The molecule has 1 saturated heterocycles. The van der Waals surface area contributed by atoms with Gasteiger partial charge in [0.05, 0.1) is 37.1 Å². The Labute approximate surface area is 257 Å².